The van der Waals surface area contributed by atoms with Crippen LogP contribution in [0, 0.1) is 23.2 Å². The molecule has 2 fully saturated rings. The second kappa shape index (κ2) is 4.97. The molecule has 1 aromatic rings. The Kier molecular flexibility index (Phi) is 3.24. The molecule has 1 aromatic carbocycles. The molecule has 4 nitrogen and oxygen atoms in total. The SMILES string of the molecule is C[C@]12CC[C@@H]3c4ccc(O)cc4CC[C@H]3[C@@H]1CC(C(=O)O)[C@H]2O. The number of aliphatic hydroxyl groups excluding tert-OH is 1. The first-order valence-electron chi connectivity index (χ1n) is 8.64. The van der Waals surface area contributed by atoms with Gasteiger partial charge in [-0.2, -0.15) is 0 Å². The van der Waals surface area contributed by atoms with Gasteiger partial charge in [0.25, 0.3) is 0 Å². The van der Waals surface area contributed by atoms with Gasteiger partial charge in [0.05, 0.1) is 12.0 Å². The number of aliphatic hydroxyl groups is 1. The number of carbonyl (C=O) groups is 1. The molecular weight excluding hydrogens is 292 g/mol. The number of hydrogen-bond donors (Lipinski definition) is 3. The lowest BCUT2D eigenvalue weighted by Gasteiger charge is -2.50. The van der Waals surface area contributed by atoms with Crippen LogP contribution in [-0.4, -0.2) is 27.4 Å². The van der Waals surface area contributed by atoms with E-state index in [0.717, 1.165) is 25.7 Å². The number of phenols is 1. The molecule has 2 saturated carbocycles. The highest BCUT2D eigenvalue weighted by Crippen LogP contribution is 2.62. The van der Waals surface area contributed by atoms with Crippen molar-refractivity contribution < 1.29 is 20.1 Å². The largest absolute Gasteiger partial charge is 0.508 e. The van der Waals surface area contributed by atoms with Gasteiger partial charge in [0.15, 0.2) is 0 Å². The zero-order chi connectivity index (χ0) is 16.4. The van der Waals surface area contributed by atoms with E-state index in [9.17, 15) is 20.1 Å². The molecular formula is C19H24O4. The van der Waals surface area contributed by atoms with Crippen LogP contribution in [0.25, 0.3) is 0 Å². The van der Waals surface area contributed by atoms with Crippen LogP contribution in [0.3, 0.4) is 0 Å². The van der Waals surface area contributed by atoms with Gasteiger partial charge < -0.3 is 15.3 Å². The number of carboxylic acid groups (broad SMARTS) is 1. The second-order valence-electron chi connectivity index (χ2n) is 7.97. The van der Waals surface area contributed by atoms with E-state index in [1.807, 2.05) is 12.1 Å². The van der Waals surface area contributed by atoms with E-state index in [1.165, 1.54) is 11.1 Å². The summed E-state index contributed by atoms with van der Waals surface area (Å²) in [4.78, 5) is 11.5. The number of benzene rings is 1. The van der Waals surface area contributed by atoms with Crippen molar-refractivity contribution in [3.05, 3.63) is 29.3 Å². The van der Waals surface area contributed by atoms with Gasteiger partial charge in [-0.3, -0.25) is 4.79 Å². The van der Waals surface area contributed by atoms with E-state index in [2.05, 4.69) is 6.92 Å². The van der Waals surface area contributed by atoms with E-state index in [-0.39, 0.29) is 11.3 Å². The minimum atomic E-state index is -0.856. The van der Waals surface area contributed by atoms with Crippen molar-refractivity contribution in [3.63, 3.8) is 0 Å². The van der Waals surface area contributed by atoms with Crippen LogP contribution in [0.15, 0.2) is 18.2 Å². The van der Waals surface area contributed by atoms with Crippen molar-refractivity contribution in [1.82, 2.24) is 0 Å². The quantitative estimate of drug-likeness (QED) is 0.744. The average molecular weight is 316 g/mol. The fourth-order valence-electron chi connectivity index (χ4n) is 5.83. The first-order valence-corrected chi connectivity index (χ1v) is 8.64. The maximum Gasteiger partial charge on any atom is 0.309 e. The molecule has 3 aliphatic carbocycles. The van der Waals surface area contributed by atoms with Gasteiger partial charge in [-0.1, -0.05) is 13.0 Å². The standard InChI is InChI=1S/C19H24O4/c1-19-7-6-13-12-5-3-11(20)8-10(12)2-4-14(13)16(19)9-15(17(19)21)18(22)23/h3,5,8,13-17,20-21H,2,4,6-7,9H2,1H3,(H,22,23)/t13-,14-,15?,16+,17-,19+/m1/s1. The van der Waals surface area contributed by atoms with E-state index >= 15 is 0 Å². The smallest absolute Gasteiger partial charge is 0.309 e. The Labute approximate surface area is 136 Å². The molecule has 124 valence electrons. The topological polar surface area (TPSA) is 77.8 Å². The van der Waals surface area contributed by atoms with Crippen LogP contribution in [0.2, 0.25) is 0 Å². The highest BCUT2D eigenvalue weighted by atomic mass is 16.4. The molecule has 0 heterocycles. The number of carboxylic acids is 1. The molecule has 6 atom stereocenters. The molecule has 0 bridgehead atoms. The number of fused-ring (bicyclic) bond motifs is 5. The summed E-state index contributed by atoms with van der Waals surface area (Å²) < 4.78 is 0. The zero-order valence-corrected chi connectivity index (χ0v) is 13.4. The normalized spacial score (nSPS) is 41.7. The van der Waals surface area contributed by atoms with Crippen LogP contribution in [0.1, 0.15) is 49.7 Å². The third-order valence-corrected chi connectivity index (χ3v) is 7.03. The maximum atomic E-state index is 11.5. The molecule has 0 amide bonds. The maximum absolute atomic E-state index is 11.5. The third kappa shape index (κ3) is 2.04. The monoisotopic (exact) mass is 316 g/mol. The van der Waals surface area contributed by atoms with Crippen molar-refractivity contribution in [3.8, 4) is 5.75 Å². The second-order valence-corrected chi connectivity index (χ2v) is 7.97. The van der Waals surface area contributed by atoms with Gasteiger partial charge in [-0.25, -0.2) is 0 Å². The Morgan fingerprint density at radius 2 is 2.09 bits per heavy atom. The van der Waals surface area contributed by atoms with E-state index in [1.54, 1.807) is 6.07 Å². The van der Waals surface area contributed by atoms with Gasteiger partial charge >= 0.3 is 5.97 Å². The van der Waals surface area contributed by atoms with Gasteiger partial charge in [-0.05, 0) is 78.5 Å². The number of phenolic OH excluding ortho intramolecular Hbond substituents is 1. The Balaban J connectivity index is 1.70. The molecule has 0 aromatic heterocycles. The fourth-order valence-corrected chi connectivity index (χ4v) is 5.83. The summed E-state index contributed by atoms with van der Waals surface area (Å²) in [5.74, 6) is 0.0158. The van der Waals surface area contributed by atoms with Crippen molar-refractivity contribution in [2.45, 2.75) is 51.0 Å². The highest BCUT2D eigenvalue weighted by Gasteiger charge is 2.59. The first-order chi connectivity index (χ1) is 10.9. The van der Waals surface area contributed by atoms with Crippen LogP contribution >= 0.6 is 0 Å². The third-order valence-electron chi connectivity index (χ3n) is 7.03. The summed E-state index contributed by atoms with van der Waals surface area (Å²) in [5, 5.41) is 29.8. The predicted octanol–water partition coefficient (Wildman–Crippen LogP) is 2.92. The molecule has 3 aliphatic rings. The zero-order valence-electron chi connectivity index (χ0n) is 13.4. The Bertz CT molecular complexity index is 655. The number of aryl methyl sites for hydroxylation is 1. The molecule has 3 N–H and O–H groups in total. The van der Waals surface area contributed by atoms with Gasteiger partial charge in [0.2, 0.25) is 0 Å². The Morgan fingerprint density at radius 1 is 1.30 bits per heavy atom. The van der Waals surface area contributed by atoms with Crippen LogP contribution in [-0.2, 0) is 11.2 Å². The molecule has 0 aliphatic heterocycles. The van der Waals surface area contributed by atoms with E-state index < -0.39 is 18.0 Å². The highest BCUT2D eigenvalue weighted by molar-refractivity contribution is 5.71. The van der Waals surface area contributed by atoms with Crippen molar-refractivity contribution in [2.75, 3.05) is 0 Å². The Morgan fingerprint density at radius 3 is 2.83 bits per heavy atom. The van der Waals surface area contributed by atoms with Crippen LogP contribution < -0.4 is 0 Å². The van der Waals surface area contributed by atoms with Crippen molar-refractivity contribution in [1.29, 1.82) is 0 Å². The average Bonchev–Trinajstić information content (AvgIpc) is 2.79. The van der Waals surface area contributed by atoms with Crippen molar-refractivity contribution >= 4 is 5.97 Å². The molecule has 0 saturated heterocycles. The summed E-state index contributed by atoms with van der Waals surface area (Å²) in [6.07, 6.45) is 3.71. The lowest BCUT2D eigenvalue weighted by atomic mass is 9.55. The molecule has 23 heavy (non-hydrogen) atoms. The molecule has 4 heteroatoms. The van der Waals surface area contributed by atoms with Crippen LogP contribution in [0.5, 0.6) is 5.75 Å². The van der Waals surface area contributed by atoms with Crippen LogP contribution in [0.4, 0.5) is 0 Å². The summed E-state index contributed by atoms with van der Waals surface area (Å²) in [5.41, 5.74) is 2.30. The van der Waals surface area contributed by atoms with E-state index in [0.29, 0.717) is 24.0 Å². The summed E-state index contributed by atoms with van der Waals surface area (Å²) >= 11 is 0. The van der Waals surface area contributed by atoms with Crippen molar-refractivity contribution in [2.24, 2.45) is 23.2 Å². The minimum Gasteiger partial charge on any atom is -0.508 e. The summed E-state index contributed by atoms with van der Waals surface area (Å²) in [7, 11) is 0. The molecule has 0 spiro atoms. The lowest BCUT2D eigenvalue weighted by Crippen LogP contribution is -2.44. The number of hydrogen-bond acceptors (Lipinski definition) is 3. The molecule has 4 rings (SSSR count). The van der Waals surface area contributed by atoms with Gasteiger partial charge in [0, 0.05) is 0 Å². The summed E-state index contributed by atoms with van der Waals surface area (Å²) in [6, 6.07) is 5.69. The molecule has 1 unspecified atom stereocenters. The number of rotatable bonds is 1. The predicted molar refractivity (Wildman–Crippen MR) is 85.2 cm³/mol. The minimum absolute atomic E-state index is 0.265. The summed E-state index contributed by atoms with van der Waals surface area (Å²) in [6.45, 7) is 2.09. The number of aromatic hydroxyl groups is 1. The Hall–Kier alpha value is -1.55. The molecule has 0 radical (unpaired) electrons. The van der Waals surface area contributed by atoms with E-state index in [4.69, 9.17) is 0 Å². The first kappa shape index (κ1) is 15.0. The van der Waals surface area contributed by atoms with Gasteiger partial charge in [-0.15, -0.1) is 0 Å². The number of aliphatic carboxylic acids is 1. The lowest BCUT2D eigenvalue weighted by molar-refractivity contribution is -0.146. The fraction of sp³-hybridized carbons (Fsp3) is 0.632. The van der Waals surface area contributed by atoms with Gasteiger partial charge in [0.1, 0.15) is 5.75 Å².